The van der Waals surface area contributed by atoms with Gasteiger partial charge >= 0.3 is 0 Å². The van der Waals surface area contributed by atoms with Crippen molar-refractivity contribution in [2.24, 2.45) is 0 Å². The first kappa shape index (κ1) is 15.4. The Bertz CT molecular complexity index is 333. The molecule has 0 aliphatic heterocycles. The van der Waals surface area contributed by atoms with Crippen molar-refractivity contribution in [3.63, 3.8) is 0 Å². The Hall–Kier alpha value is -0.640. The van der Waals surface area contributed by atoms with E-state index in [1.165, 1.54) is 0 Å². The number of hydrogen-bond acceptors (Lipinski definition) is 3. The molecule has 1 aromatic heterocycles. The molecule has 102 valence electrons. The molecule has 1 atom stereocenters. The first-order valence-corrected chi connectivity index (χ1v) is 7.05. The summed E-state index contributed by atoms with van der Waals surface area (Å²) in [5.41, 5.74) is 1.13. The van der Waals surface area contributed by atoms with Crippen molar-refractivity contribution in [1.29, 1.82) is 0 Å². The van der Waals surface area contributed by atoms with Crippen molar-refractivity contribution in [2.45, 2.75) is 39.2 Å². The zero-order valence-electron chi connectivity index (χ0n) is 11.3. The molecule has 0 amide bonds. The highest BCUT2D eigenvalue weighted by atomic mass is 35.5. The monoisotopic (exact) mass is 270 g/mol. The second kappa shape index (κ2) is 9.31. The molecule has 4 heteroatoms. The van der Waals surface area contributed by atoms with Gasteiger partial charge in [0.2, 0.25) is 0 Å². The highest BCUT2D eigenvalue weighted by molar-refractivity contribution is 6.31. The van der Waals surface area contributed by atoms with Crippen molar-refractivity contribution in [3.05, 3.63) is 29.0 Å². The van der Waals surface area contributed by atoms with Crippen molar-refractivity contribution >= 4 is 11.6 Å². The van der Waals surface area contributed by atoms with Gasteiger partial charge in [0.05, 0.1) is 11.6 Å². The van der Waals surface area contributed by atoms with E-state index in [0.717, 1.165) is 49.6 Å². The lowest BCUT2D eigenvalue weighted by Crippen LogP contribution is -2.36. The van der Waals surface area contributed by atoms with Crippen LogP contribution >= 0.6 is 11.6 Å². The summed E-state index contributed by atoms with van der Waals surface area (Å²) in [6.07, 6.45) is 6.53. The maximum absolute atomic E-state index is 6.13. The third-order valence-corrected chi connectivity index (χ3v) is 3.01. The molecule has 0 bridgehead atoms. The van der Waals surface area contributed by atoms with Crippen LogP contribution in [-0.2, 0) is 11.2 Å². The normalized spacial score (nSPS) is 12.6. The summed E-state index contributed by atoms with van der Waals surface area (Å²) in [4.78, 5) is 4.01. The molecule has 0 radical (unpaired) electrons. The van der Waals surface area contributed by atoms with Gasteiger partial charge in [0.25, 0.3) is 0 Å². The van der Waals surface area contributed by atoms with E-state index >= 15 is 0 Å². The van der Waals surface area contributed by atoms with E-state index in [1.54, 1.807) is 12.4 Å². The van der Waals surface area contributed by atoms with Crippen LogP contribution in [0.4, 0.5) is 0 Å². The van der Waals surface area contributed by atoms with Gasteiger partial charge in [-0.1, -0.05) is 25.4 Å². The third-order valence-electron chi connectivity index (χ3n) is 2.67. The first-order valence-electron chi connectivity index (χ1n) is 6.67. The zero-order valence-corrected chi connectivity index (χ0v) is 12.0. The van der Waals surface area contributed by atoms with E-state index in [-0.39, 0.29) is 0 Å². The maximum atomic E-state index is 6.13. The lowest BCUT2D eigenvalue weighted by Gasteiger charge is -2.19. The number of hydrogen-bond donors (Lipinski definition) is 1. The Morgan fingerprint density at radius 2 is 2.22 bits per heavy atom. The van der Waals surface area contributed by atoms with Crippen LogP contribution in [0, 0.1) is 0 Å². The van der Waals surface area contributed by atoms with Crippen LogP contribution in [0.25, 0.3) is 0 Å². The minimum Gasteiger partial charge on any atom is -0.380 e. The standard InChI is InChI=1S/C14H23ClN2O/c1-3-6-17-13(11-18-8-4-2)9-12-5-7-16-10-14(12)15/h5,7,10,13,17H,3-4,6,8-9,11H2,1-2H3. The van der Waals surface area contributed by atoms with E-state index < -0.39 is 0 Å². The average Bonchev–Trinajstić information content (AvgIpc) is 2.38. The molecule has 0 aromatic carbocycles. The molecule has 18 heavy (non-hydrogen) atoms. The zero-order chi connectivity index (χ0) is 13.2. The van der Waals surface area contributed by atoms with Gasteiger partial charge in [0, 0.05) is 25.0 Å². The predicted molar refractivity (Wildman–Crippen MR) is 76.1 cm³/mol. The summed E-state index contributed by atoms with van der Waals surface area (Å²) < 4.78 is 5.63. The Kier molecular flexibility index (Phi) is 7.98. The number of ether oxygens (including phenoxy) is 1. The van der Waals surface area contributed by atoms with Crippen LogP contribution in [0.2, 0.25) is 5.02 Å². The van der Waals surface area contributed by atoms with Gasteiger partial charge in [0.15, 0.2) is 0 Å². The number of rotatable bonds is 9. The molecular formula is C14H23ClN2O. The SMILES string of the molecule is CCCNC(COCCC)Cc1ccncc1Cl. The number of pyridine rings is 1. The molecule has 0 spiro atoms. The predicted octanol–water partition coefficient (Wildman–Crippen LogP) is 3.07. The minimum absolute atomic E-state index is 0.316. The number of nitrogens with zero attached hydrogens (tertiary/aromatic N) is 1. The van der Waals surface area contributed by atoms with E-state index in [1.807, 2.05) is 6.07 Å². The fourth-order valence-electron chi connectivity index (χ4n) is 1.74. The van der Waals surface area contributed by atoms with Crippen molar-refractivity contribution in [3.8, 4) is 0 Å². The summed E-state index contributed by atoms with van der Waals surface area (Å²) in [5.74, 6) is 0. The summed E-state index contributed by atoms with van der Waals surface area (Å²) >= 11 is 6.13. The second-order valence-corrected chi connectivity index (χ2v) is 4.80. The Morgan fingerprint density at radius 3 is 2.89 bits per heavy atom. The molecule has 3 nitrogen and oxygen atoms in total. The topological polar surface area (TPSA) is 34.1 Å². The number of nitrogens with one attached hydrogen (secondary N) is 1. The average molecular weight is 271 g/mol. The first-order chi connectivity index (χ1) is 8.77. The molecule has 0 saturated heterocycles. The van der Waals surface area contributed by atoms with E-state index in [4.69, 9.17) is 16.3 Å². The van der Waals surface area contributed by atoms with E-state index in [9.17, 15) is 0 Å². The molecule has 1 heterocycles. The highest BCUT2D eigenvalue weighted by Crippen LogP contribution is 2.15. The summed E-state index contributed by atoms with van der Waals surface area (Å²) in [5, 5.41) is 4.23. The summed E-state index contributed by atoms with van der Waals surface area (Å²) in [6.45, 7) is 6.83. The quantitative estimate of drug-likeness (QED) is 0.701. The Balaban J connectivity index is 2.51. The molecule has 1 rings (SSSR count). The van der Waals surface area contributed by atoms with E-state index in [0.29, 0.717) is 6.04 Å². The summed E-state index contributed by atoms with van der Waals surface area (Å²) in [6, 6.07) is 2.29. The van der Waals surface area contributed by atoms with Gasteiger partial charge in [-0.15, -0.1) is 0 Å². The van der Waals surface area contributed by atoms with Crippen LogP contribution in [0.5, 0.6) is 0 Å². The van der Waals surface area contributed by atoms with Gasteiger partial charge in [-0.3, -0.25) is 4.98 Å². The van der Waals surface area contributed by atoms with Crippen molar-refractivity contribution in [1.82, 2.24) is 10.3 Å². The maximum Gasteiger partial charge on any atom is 0.0622 e. The third kappa shape index (κ3) is 5.80. The summed E-state index contributed by atoms with van der Waals surface area (Å²) in [7, 11) is 0. The van der Waals surface area contributed by atoms with Crippen molar-refractivity contribution in [2.75, 3.05) is 19.8 Å². The van der Waals surface area contributed by atoms with Gasteiger partial charge in [-0.05, 0) is 37.4 Å². The smallest absolute Gasteiger partial charge is 0.0622 e. The van der Waals surface area contributed by atoms with Crippen molar-refractivity contribution < 1.29 is 4.74 Å². The fraction of sp³-hybridized carbons (Fsp3) is 0.643. The lowest BCUT2D eigenvalue weighted by atomic mass is 10.1. The molecular weight excluding hydrogens is 248 g/mol. The fourth-order valence-corrected chi connectivity index (χ4v) is 1.94. The van der Waals surface area contributed by atoms with Crippen LogP contribution < -0.4 is 5.32 Å². The molecule has 0 fully saturated rings. The number of halogens is 1. The van der Waals surface area contributed by atoms with Crippen LogP contribution in [-0.4, -0.2) is 30.8 Å². The van der Waals surface area contributed by atoms with Gasteiger partial charge in [-0.2, -0.15) is 0 Å². The van der Waals surface area contributed by atoms with Crippen LogP contribution in [0.3, 0.4) is 0 Å². The lowest BCUT2D eigenvalue weighted by molar-refractivity contribution is 0.112. The van der Waals surface area contributed by atoms with Gasteiger partial charge in [0.1, 0.15) is 0 Å². The number of aromatic nitrogens is 1. The van der Waals surface area contributed by atoms with Gasteiger partial charge in [-0.25, -0.2) is 0 Å². The Labute approximate surface area is 115 Å². The largest absolute Gasteiger partial charge is 0.380 e. The minimum atomic E-state index is 0.316. The molecule has 0 aliphatic carbocycles. The molecule has 1 aromatic rings. The van der Waals surface area contributed by atoms with Gasteiger partial charge < -0.3 is 10.1 Å². The second-order valence-electron chi connectivity index (χ2n) is 4.40. The van der Waals surface area contributed by atoms with Crippen LogP contribution in [0.15, 0.2) is 18.5 Å². The van der Waals surface area contributed by atoms with Crippen LogP contribution in [0.1, 0.15) is 32.3 Å². The molecule has 1 unspecified atom stereocenters. The molecule has 1 N–H and O–H groups in total. The van der Waals surface area contributed by atoms with E-state index in [2.05, 4.69) is 24.1 Å². The highest BCUT2D eigenvalue weighted by Gasteiger charge is 2.11. The molecule has 0 saturated carbocycles. The Morgan fingerprint density at radius 1 is 1.39 bits per heavy atom. The molecule has 0 aliphatic rings.